The van der Waals surface area contributed by atoms with Crippen molar-refractivity contribution in [2.45, 2.75) is 25.7 Å². The predicted molar refractivity (Wildman–Crippen MR) is 77.8 cm³/mol. The van der Waals surface area contributed by atoms with E-state index in [0.717, 1.165) is 28.9 Å². The molecule has 2 nitrogen and oxygen atoms in total. The van der Waals surface area contributed by atoms with Crippen LogP contribution in [0.4, 0.5) is 5.69 Å². The summed E-state index contributed by atoms with van der Waals surface area (Å²) >= 11 is 3.52. The van der Waals surface area contributed by atoms with Crippen LogP contribution in [0.1, 0.15) is 25.7 Å². The minimum atomic E-state index is 0.877. The van der Waals surface area contributed by atoms with Crippen LogP contribution in [0.25, 0.3) is 0 Å². The number of benzene rings is 1. The molecule has 0 saturated carbocycles. The van der Waals surface area contributed by atoms with Crippen molar-refractivity contribution in [3.8, 4) is 5.75 Å². The van der Waals surface area contributed by atoms with Crippen molar-refractivity contribution >= 4 is 21.6 Å². The standard InChI is InChI=1S/C14H20BrNO/c1-3-4-5-6-7-10-16-14-11-12(17-2)8-9-13(14)15/h3,8-9,11,16H,1,4-7,10H2,2H3. The molecule has 0 aliphatic carbocycles. The van der Waals surface area contributed by atoms with Gasteiger partial charge in [-0.2, -0.15) is 0 Å². The van der Waals surface area contributed by atoms with Crippen LogP contribution in [0, 0.1) is 0 Å². The first kappa shape index (κ1) is 14.1. The van der Waals surface area contributed by atoms with Crippen LogP contribution in [0.3, 0.4) is 0 Å². The van der Waals surface area contributed by atoms with Gasteiger partial charge in [0, 0.05) is 17.1 Å². The lowest BCUT2D eigenvalue weighted by atomic mass is 10.2. The fourth-order valence-corrected chi connectivity index (χ4v) is 1.97. The second kappa shape index (κ2) is 8.18. The van der Waals surface area contributed by atoms with Gasteiger partial charge in [-0.15, -0.1) is 6.58 Å². The van der Waals surface area contributed by atoms with Gasteiger partial charge in [0.05, 0.1) is 12.8 Å². The molecule has 94 valence electrons. The molecule has 1 rings (SSSR count). The Morgan fingerprint density at radius 1 is 1.35 bits per heavy atom. The number of hydrogen-bond acceptors (Lipinski definition) is 2. The molecule has 0 atom stereocenters. The SMILES string of the molecule is C=CCCCCCNc1cc(OC)ccc1Br. The zero-order valence-corrected chi connectivity index (χ0v) is 11.9. The summed E-state index contributed by atoms with van der Waals surface area (Å²) in [5.41, 5.74) is 1.09. The lowest BCUT2D eigenvalue weighted by Gasteiger charge is -2.10. The molecule has 0 radical (unpaired) electrons. The van der Waals surface area contributed by atoms with Crippen LogP contribution >= 0.6 is 15.9 Å². The third kappa shape index (κ3) is 5.26. The molecule has 0 bridgehead atoms. The summed E-state index contributed by atoms with van der Waals surface area (Å²) in [6, 6.07) is 5.95. The molecule has 0 amide bonds. The molecule has 1 N–H and O–H groups in total. The summed E-state index contributed by atoms with van der Waals surface area (Å²) < 4.78 is 6.27. The minimum Gasteiger partial charge on any atom is -0.497 e. The molecule has 0 aliphatic rings. The Kier molecular flexibility index (Phi) is 6.78. The molecule has 0 aromatic heterocycles. The number of anilines is 1. The van der Waals surface area contributed by atoms with Crippen LogP contribution < -0.4 is 10.1 Å². The topological polar surface area (TPSA) is 21.3 Å². The Bertz CT molecular complexity index is 352. The third-order valence-electron chi connectivity index (χ3n) is 2.57. The number of unbranched alkanes of at least 4 members (excludes halogenated alkanes) is 3. The van der Waals surface area contributed by atoms with Crippen molar-refractivity contribution in [3.05, 3.63) is 35.3 Å². The van der Waals surface area contributed by atoms with E-state index in [1.807, 2.05) is 24.3 Å². The van der Waals surface area contributed by atoms with Gasteiger partial charge in [0.1, 0.15) is 5.75 Å². The second-order valence-electron chi connectivity index (χ2n) is 3.91. The van der Waals surface area contributed by atoms with E-state index in [2.05, 4.69) is 27.8 Å². The lowest BCUT2D eigenvalue weighted by Crippen LogP contribution is -2.02. The molecule has 0 heterocycles. The maximum absolute atomic E-state index is 5.20. The van der Waals surface area contributed by atoms with Crippen LogP contribution in [-0.2, 0) is 0 Å². The number of nitrogens with one attached hydrogen (secondary N) is 1. The summed E-state index contributed by atoms with van der Waals surface area (Å²) in [7, 11) is 1.68. The molecule has 0 saturated heterocycles. The summed E-state index contributed by atoms with van der Waals surface area (Å²) in [4.78, 5) is 0. The summed E-state index contributed by atoms with van der Waals surface area (Å²) in [5.74, 6) is 0.877. The van der Waals surface area contributed by atoms with E-state index < -0.39 is 0 Å². The van der Waals surface area contributed by atoms with Crippen molar-refractivity contribution in [2.24, 2.45) is 0 Å². The fourth-order valence-electron chi connectivity index (χ4n) is 1.58. The number of allylic oxidation sites excluding steroid dienone is 1. The highest BCUT2D eigenvalue weighted by Gasteiger charge is 2.00. The number of hydrogen-bond donors (Lipinski definition) is 1. The van der Waals surface area contributed by atoms with Crippen LogP contribution in [0.2, 0.25) is 0 Å². The van der Waals surface area contributed by atoms with Crippen molar-refractivity contribution in [1.82, 2.24) is 0 Å². The molecular weight excluding hydrogens is 278 g/mol. The van der Waals surface area contributed by atoms with Gasteiger partial charge in [0.15, 0.2) is 0 Å². The summed E-state index contributed by atoms with van der Waals surface area (Å²) in [6.07, 6.45) is 6.73. The number of methoxy groups -OCH3 is 1. The summed E-state index contributed by atoms with van der Waals surface area (Å²) in [6.45, 7) is 4.71. The van der Waals surface area contributed by atoms with E-state index in [9.17, 15) is 0 Å². The van der Waals surface area contributed by atoms with E-state index in [1.165, 1.54) is 19.3 Å². The van der Waals surface area contributed by atoms with Crippen LogP contribution in [-0.4, -0.2) is 13.7 Å². The van der Waals surface area contributed by atoms with Gasteiger partial charge < -0.3 is 10.1 Å². The third-order valence-corrected chi connectivity index (χ3v) is 3.27. The fraction of sp³-hybridized carbons (Fsp3) is 0.429. The van der Waals surface area contributed by atoms with Gasteiger partial charge in [-0.25, -0.2) is 0 Å². The van der Waals surface area contributed by atoms with Gasteiger partial charge in [0.2, 0.25) is 0 Å². The van der Waals surface area contributed by atoms with E-state index in [0.29, 0.717) is 0 Å². The Balaban J connectivity index is 2.32. The Morgan fingerprint density at radius 2 is 2.18 bits per heavy atom. The highest BCUT2D eigenvalue weighted by molar-refractivity contribution is 9.10. The Labute approximate surface area is 112 Å². The van der Waals surface area contributed by atoms with E-state index in [1.54, 1.807) is 7.11 Å². The highest BCUT2D eigenvalue weighted by atomic mass is 79.9. The first-order chi connectivity index (χ1) is 8.27. The molecular formula is C14H20BrNO. The van der Waals surface area contributed by atoms with Gasteiger partial charge in [0.25, 0.3) is 0 Å². The minimum absolute atomic E-state index is 0.877. The maximum atomic E-state index is 5.20. The van der Waals surface area contributed by atoms with Gasteiger partial charge in [-0.05, 0) is 47.3 Å². The number of ether oxygens (including phenoxy) is 1. The zero-order chi connectivity index (χ0) is 12.5. The van der Waals surface area contributed by atoms with Crippen molar-refractivity contribution in [3.63, 3.8) is 0 Å². The van der Waals surface area contributed by atoms with Crippen molar-refractivity contribution in [2.75, 3.05) is 19.0 Å². The molecule has 3 heteroatoms. The van der Waals surface area contributed by atoms with Crippen LogP contribution in [0.15, 0.2) is 35.3 Å². The lowest BCUT2D eigenvalue weighted by molar-refractivity contribution is 0.415. The first-order valence-electron chi connectivity index (χ1n) is 5.96. The van der Waals surface area contributed by atoms with Crippen LogP contribution in [0.5, 0.6) is 5.75 Å². The normalized spacial score (nSPS) is 10.0. The van der Waals surface area contributed by atoms with Gasteiger partial charge in [-0.3, -0.25) is 0 Å². The summed E-state index contributed by atoms with van der Waals surface area (Å²) in [5, 5.41) is 3.41. The van der Waals surface area contributed by atoms with E-state index in [-0.39, 0.29) is 0 Å². The predicted octanol–water partition coefficient (Wildman–Crippen LogP) is 4.62. The molecule has 0 aliphatic heterocycles. The molecule has 0 spiro atoms. The first-order valence-corrected chi connectivity index (χ1v) is 6.75. The molecule has 17 heavy (non-hydrogen) atoms. The van der Waals surface area contributed by atoms with E-state index in [4.69, 9.17) is 4.74 Å². The molecule has 1 aromatic rings. The molecule has 1 aromatic carbocycles. The van der Waals surface area contributed by atoms with Gasteiger partial charge in [-0.1, -0.05) is 12.5 Å². The average Bonchev–Trinajstić information content (AvgIpc) is 2.35. The van der Waals surface area contributed by atoms with Crippen molar-refractivity contribution in [1.29, 1.82) is 0 Å². The Hall–Kier alpha value is -0.960. The number of rotatable bonds is 8. The quantitative estimate of drug-likeness (QED) is 0.558. The highest BCUT2D eigenvalue weighted by Crippen LogP contribution is 2.27. The molecule has 0 fully saturated rings. The zero-order valence-electron chi connectivity index (χ0n) is 10.3. The number of halogens is 1. The average molecular weight is 298 g/mol. The second-order valence-corrected chi connectivity index (χ2v) is 4.76. The monoisotopic (exact) mass is 297 g/mol. The largest absolute Gasteiger partial charge is 0.497 e. The maximum Gasteiger partial charge on any atom is 0.121 e. The van der Waals surface area contributed by atoms with Crippen molar-refractivity contribution < 1.29 is 4.74 Å². The smallest absolute Gasteiger partial charge is 0.121 e. The molecule has 0 unspecified atom stereocenters. The van der Waals surface area contributed by atoms with Gasteiger partial charge >= 0.3 is 0 Å². The Morgan fingerprint density at radius 3 is 2.88 bits per heavy atom. The van der Waals surface area contributed by atoms with E-state index >= 15 is 0 Å².